The van der Waals surface area contributed by atoms with Crippen molar-refractivity contribution in [3.8, 4) is 5.75 Å². The number of carbonyl (C=O) groups is 2. The molecule has 0 saturated carbocycles. The summed E-state index contributed by atoms with van der Waals surface area (Å²) in [4.78, 5) is 27.4. The fourth-order valence-corrected chi connectivity index (χ4v) is 5.18. The van der Waals surface area contributed by atoms with Gasteiger partial charge in [-0.2, -0.15) is 0 Å². The third-order valence-electron chi connectivity index (χ3n) is 5.65. The maximum atomic E-state index is 13.1. The van der Waals surface area contributed by atoms with Crippen LogP contribution in [0.2, 0.25) is 10.0 Å². The van der Waals surface area contributed by atoms with E-state index < -0.39 is 0 Å². The largest absolute Gasteiger partial charge is 0.489 e. The lowest BCUT2D eigenvalue weighted by Gasteiger charge is -2.14. The second-order valence-electron chi connectivity index (χ2n) is 8.00. The summed E-state index contributed by atoms with van der Waals surface area (Å²) in [7, 11) is 0. The smallest absolute Gasteiger partial charge is 0.293 e. The lowest BCUT2D eigenvalue weighted by Crippen LogP contribution is -2.27. The lowest BCUT2D eigenvalue weighted by atomic mass is 10.0. The zero-order valence-corrected chi connectivity index (χ0v) is 20.7. The van der Waals surface area contributed by atoms with E-state index in [1.807, 2.05) is 72.8 Å². The first-order valence-corrected chi connectivity index (χ1v) is 12.4. The first-order chi connectivity index (χ1) is 17.0. The number of ether oxygens (including phenoxy) is 1. The van der Waals surface area contributed by atoms with Crippen molar-refractivity contribution in [3.05, 3.63) is 117 Å². The number of rotatable bonds is 6. The Hall–Kier alpha value is -3.25. The predicted molar refractivity (Wildman–Crippen MR) is 143 cm³/mol. The topological polar surface area (TPSA) is 46.6 Å². The van der Waals surface area contributed by atoms with E-state index in [0.717, 1.165) is 39.2 Å². The van der Waals surface area contributed by atoms with E-state index in [9.17, 15) is 9.59 Å². The summed E-state index contributed by atoms with van der Waals surface area (Å²) in [6, 6.07) is 26.4. The van der Waals surface area contributed by atoms with Gasteiger partial charge in [-0.05, 0) is 64.0 Å². The molecule has 1 heterocycles. The van der Waals surface area contributed by atoms with Crippen LogP contribution in [0.25, 0.3) is 16.8 Å². The minimum absolute atomic E-state index is 0.231. The molecule has 1 saturated heterocycles. The Bertz CT molecular complexity index is 1480. The van der Waals surface area contributed by atoms with Gasteiger partial charge in [0.1, 0.15) is 12.4 Å². The van der Waals surface area contributed by atoms with E-state index in [0.29, 0.717) is 20.7 Å². The van der Waals surface area contributed by atoms with Gasteiger partial charge >= 0.3 is 0 Å². The number of benzene rings is 4. The first kappa shape index (κ1) is 23.5. The molecule has 0 spiro atoms. The summed E-state index contributed by atoms with van der Waals surface area (Å²) in [6.45, 7) is 0.509. The Kier molecular flexibility index (Phi) is 6.82. The molecule has 0 aromatic heterocycles. The van der Waals surface area contributed by atoms with E-state index >= 15 is 0 Å². The van der Waals surface area contributed by atoms with Gasteiger partial charge in [0, 0.05) is 15.6 Å². The van der Waals surface area contributed by atoms with Crippen LogP contribution in [0.3, 0.4) is 0 Å². The van der Waals surface area contributed by atoms with Gasteiger partial charge in [0.05, 0.1) is 11.4 Å². The van der Waals surface area contributed by atoms with E-state index in [-0.39, 0.29) is 24.3 Å². The van der Waals surface area contributed by atoms with Crippen LogP contribution in [0.4, 0.5) is 4.79 Å². The Labute approximate surface area is 217 Å². The van der Waals surface area contributed by atoms with Gasteiger partial charge in [-0.3, -0.25) is 14.5 Å². The summed E-state index contributed by atoms with van der Waals surface area (Å²) >= 11 is 13.1. The molecular formula is C28H19Cl2NO3S. The molecular weight excluding hydrogens is 501 g/mol. The van der Waals surface area contributed by atoms with Crippen molar-refractivity contribution in [2.24, 2.45) is 0 Å². The van der Waals surface area contributed by atoms with E-state index in [1.54, 1.807) is 18.2 Å². The van der Waals surface area contributed by atoms with Gasteiger partial charge in [-0.15, -0.1) is 0 Å². The summed E-state index contributed by atoms with van der Waals surface area (Å²) in [5, 5.41) is 2.93. The number of amides is 2. The molecule has 1 aliphatic heterocycles. The van der Waals surface area contributed by atoms with E-state index in [2.05, 4.69) is 0 Å². The summed E-state index contributed by atoms with van der Waals surface area (Å²) in [5.74, 6) is 0.326. The van der Waals surface area contributed by atoms with Crippen LogP contribution in [-0.2, 0) is 17.9 Å². The third-order valence-corrected chi connectivity index (χ3v) is 7.14. The van der Waals surface area contributed by atoms with Crippen molar-refractivity contribution < 1.29 is 14.3 Å². The van der Waals surface area contributed by atoms with E-state index in [4.69, 9.17) is 27.9 Å². The predicted octanol–water partition coefficient (Wildman–Crippen LogP) is 7.96. The van der Waals surface area contributed by atoms with Gasteiger partial charge < -0.3 is 4.74 Å². The number of halogens is 2. The summed E-state index contributed by atoms with van der Waals surface area (Å²) < 4.78 is 5.88. The van der Waals surface area contributed by atoms with Crippen LogP contribution in [0, 0.1) is 0 Å². The molecule has 0 aliphatic carbocycles. The Morgan fingerprint density at radius 3 is 2.51 bits per heavy atom. The lowest BCUT2D eigenvalue weighted by molar-refractivity contribution is -0.123. The Morgan fingerprint density at radius 2 is 1.66 bits per heavy atom. The van der Waals surface area contributed by atoms with Crippen molar-refractivity contribution in [1.29, 1.82) is 0 Å². The number of imide groups is 1. The second-order valence-corrected chi connectivity index (χ2v) is 9.84. The second kappa shape index (κ2) is 10.2. The van der Waals surface area contributed by atoms with Crippen LogP contribution < -0.4 is 4.74 Å². The molecule has 174 valence electrons. The molecule has 0 unspecified atom stereocenters. The number of carbonyl (C=O) groups excluding carboxylic acids is 2. The molecule has 1 fully saturated rings. The highest BCUT2D eigenvalue weighted by Crippen LogP contribution is 2.34. The number of nitrogens with zero attached hydrogens (tertiary/aromatic N) is 1. The zero-order chi connectivity index (χ0) is 24.4. The molecule has 5 rings (SSSR count). The Morgan fingerprint density at radius 1 is 0.857 bits per heavy atom. The molecule has 0 N–H and O–H groups in total. The number of hydrogen-bond acceptors (Lipinski definition) is 4. The number of thioether (sulfide) groups is 1. The van der Waals surface area contributed by atoms with Gasteiger partial charge in [-0.1, -0.05) is 83.9 Å². The third kappa shape index (κ3) is 5.22. The highest BCUT2D eigenvalue weighted by Gasteiger charge is 2.35. The summed E-state index contributed by atoms with van der Waals surface area (Å²) in [6.07, 6.45) is 1.72. The molecule has 0 radical (unpaired) electrons. The van der Waals surface area contributed by atoms with Crippen LogP contribution in [0.1, 0.15) is 16.7 Å². The molecule has 4 aromatic rings. The van der Waals surface area contributed by atoms with Crippen molar-refractivity contribution in [2.75, 3.05) is 0 Å². The summed E-state index contributed by atoms with van der Waals surface area (Å²) in [5.41, 5.74) is 2.51. The number of hydrogen-bond donors (Lipinski definition) is 0. The SMILES string of the molecule is O=C1S/C(=C\c2cccc(OCc3ccc(Cl)cc3Cl)c2)C(=O)N1Cc1cccc2ccccc12. The quantitative estimate of drug-likeness (QED) is 0.242. The fourth-order valence-electron chi connectivity index (χ4n) is 3.88. The first-order valence-electron chi connectivity index (χ1n) is 10.9. The van der Waals surface area contributed by atoms with Crippen LogP contribution in [0.5, 0.6) is 5.75 Å². The van der Waals surface area contributed by atoms with Gasteiger partial charge in [0.25, 0.3) is 11.1 Å². The maximum Gasteiger partial charge on any atom is 0.293 e. The average molecular weight is 520 g/mol. The van der Waals surface area contributed by atoms with Crippen molar-refractivity contribution in [1.82, 2.24) is 4.90 Å². The normalized spacial score (nSPS) is 14.8. The van der Waals surface area contributed by atoms with Crippen LogP contribution in [0.15, 0.2) is 89.8 Å². The molecule has 35 heavy (non-hydrogen) atoms. The monoisotopic (exact) mass is 519 g/mol. The molecule has 0 atom stereocenters. The van der Waals surface area contributed by atoms with Crippen LogP contribution in [-0.4, -0.2) is 16.0 Å². The Balaban J connectivity index is 1.32. The molecule has 2 amide bonds. The minimum atomic E-state index is -0.299. The molecule has 1 aliphatic rings. The molecule has 0 bridgehead atoms. The standard InChI is InChI=1S/C28H19Cl2NO3S/c29-22-12-11-21(25(30)15-22)17-34-23-9-3-5-18(13-23)14-26-27(32)31(28(33)35-26)16-20-8-4-7-19-6-1-2-10-24(19)20/h1-15H,16-17H2/b26-14-. The van der Waals surface area contributed by atoms with Crippen molar-refractivity contribution in [2.45, 2.75) is 13.2 Å². The average Bonchev–Trinajstić information content (AvgIpc) is 3.11. The maximum absolute atomic E-state index is 13.1. The van der Waals surface area contributed by atoms with Gasteiger partial charge in [-0.25, -0.2) is 0 Å². The minimum Gasteiger partial charge on any atom is -0.489 e. The van der Waals surface area contributed by atoms with Crippen molar-refractivity contribution in [3.63, 3.8) is 0 Å². The molecule has 7 heteroatoms. The number of fused-ring (bicyclic) bond motifs is 1. The van der Waals surface area contributed by atoms with Gasteiger partial charge in [0.2, 0.25) is 0 Å². The molecule has 4 aromatic carbocycles. The van der Waals surface area contributed by atoms with E-state index in [1.165, 1.54) is 4.90 Å². The highest BCUT2D eigenvalue weighted by molar-refractivity contribution is 8.18. The fraction of sp³-hybridized carbons (Fsp3) is 0.0714. The highest BCUT2D eigenvalue weighted by atomic mass is 35.5. The van der Waals surface area contributed by atoms with Gasteiger partial charge in [0.15, 0.2) is 0 Å². The zero-order valence-electron chi connectivity index (χ0n) is 18.4. The van der Waals surface area contributed by atoms with Crippen LogP contribution >= 0.6 is 35.0 Å². The van der Waals surface area contributed by atoms with Crippen molar-refractivity contribution >= 4 is 63.0 Å². The molecule has 4 nitrogen and oxygen atoms in total.